The third-order valence-electron chi connectivity index (χ3n) is 4.41. The number of para-hydroxylation sites is 1. The Morgan fingerprint density at radius 3 is 2.76 bits per heavy atom. The Morgan fingerprint density at radius 2 is 2.00 bits per heavy atom. The zero-order chi connectivity index (χ0) is 17.4. The van der Waals surface area contributed by atoms with Crippen molar-refractivity contribution in [2.24, 2.45) is 0 Å². The van der Waals surface area contributed by atoms with Gasteiger partial charge in [0.1, 0.15) is 11.5 Å². The number of benzene rings is 1. The van der Waals surface area contributed by atoms with Crippen molar-refractivity contribution >= 4 is 0 Å². The van der Waals surface area contributed by atoms with Gasteiger partial charge in [0.05, 0.1) is 23.5 Å². The van der Waals surface area contributed by atoms with Crippen LogP contribution in [-0.4, -0.2) is 30.2 Å². The van der Waals surface area contributed by atoms with E-state index in [-0.39, 0.29) is 17.4 Å². The molecule has 0 saturated carbocycles. The predicted molar refractivity (Wildman–Crippen MR) is 94.7 cm³/mol. The van der Waals surface area contributed by atoms with E-state index in [0.29, 0.717) is 6.42 Å². The summed E-state index contributed by atoms with van der Waals surface area (Å²) in [6.07, 6.45) is 7.30. The summed E-state index contributed by atoms with van der Waals surface area (Å²) in [4.78, 5) is 0. The molecule has 0 amide bonds. The quantitative estimate of drug-likeness (QED) is 0.677. The second-order valence-corrected chi connectivity index (χ2v) is 6.10. The number of allylic oxidation sites excluding steroid dienone is 3. The molecule has 1 atom stereocenters. The molecule has 0 aliphatic heterocycles. The molecule has 1 aromatic carbocycles. The molecule has 1 unspecified atom stereocenters. The Hall–Kier alpha value is -3.28. The number of aryl methyl sites for hydroxylation is 1. The predicted octanol–water partition coefficient (Wildman–Crippen LogP) is 3.94. The minimum atomic E-state index is -0.282. The molecule has 2 aromatic heterocycles. The molecule has 126 valence electrons. The molecule has 0 bridgehead atoms. The fourth-order valence-electron chi connectivity index (χ4n) is 3.16. The van der Waals surface area contributed by atoms with Crippen molar-refractivity contribution in [1.82, 2.24) is 20.0 Å². The van der Waals surface area contributed by atoms with Crippen molar-refractivity contribution in [2.75, 3.05) is 0 Å². The summed E-state index contributed by atoms with van der Waals surface area (Å²) in [6, 6.07) is 9.88. The number of rotatable bonds is 3. The van der Waals surface area contributed by atoms with Gasteiger partial charge < -0.3 is 10.2 Å². The van der Waals surface area contributed by atoms with Gasteiger partial charge in [-0.3, -0.25) is 5.10 Å². The lowest BCUT2D eigenvalue weighted by Gasteiger charge is -2.17. The van der Waals surface area contributed by atoms with Crippen LogP contribution >= 0.6 is 0 Å². The van der Waals surface area contributed by atoms with Crippen LogP contribution in [0.5, 0.6) is 0 Å². The van der Waals surface area contributed by atoms with Crippen LogP contribution in [-0.2, 0) is 0 Å². The molecular formula is C19H18N4O2. The number of aromatic amines is 1. The van der Waals surface area contributed by atoms with Crippen LogP contribution in [0.1, 0.15) is 23.7 Å². The number of aromatic nitrogens is 4. The van der Waals surface area contributed by atoms with Gasteiger partial charge >= 0.3 is 0 Å². The van der Waals surface area contributed by atoms with Gasteiger partial charge in [-0.2, -0.15) is 10.2 Å². The average Bonchev–Trinajstić information content (AvgIpc) is 3.22. The molecule has 0 radical (unpaired) electrons. The van der Waals surface area contributed by atoms with E-state index in [4.69, 9.17) is 0 Å². The highest BCUT2D eigenvalue weighted by molar-refractivity contribution is 5.69. The van der Waals surface area contributed by atoms with E-state index in [0.717, 1.165) is 28.2 Å². The third-order valence-corrected chi connectivity index (χ3v) is 4.41. The summed E-state index contributed by atoms with van der Waals surface area (Å²) in [5, 5.41) is 31.6. The SMILES string of the molecule is Cc1[nH]nc(C2CC=C(O)C=C2O)c1-c1cnn(-c2ccccc2)c1. The molecule has 1 aliphatic carbocycles. The van der Waals surface area contributed by atoms with Gasteiger partial charge in [-0.15, -0.1) is 0 Å². The van der Waals surface area contributed by atoms with Gasteiger partial charge in [-0.25, -0.2) is 4.68 Å². The van der Waals surface area contributed by atoms with Crippen LogP contribution in [0.15, 0.2) is 66.4 Å². The fraction of sp³-hybridized carbons (Fsp3) is 0.158. The fourth-order valence-corrected chi connectivity index (χ4v) is 3.16. The largest absolute Gasteiger partial charge is 0.511 e. The maximum Gasteiger partial charge on any atom is 0.114 e. The van der Waals surface area contributed by atoms with Gasteiger partial charge in [-0.05, 0) is 31.6 Å². The Labute approximate surface area is 144 Å². The van der Waals surface area contributed by atoms with E-state index in [1.807, 2.05) is 48.1 Å². The van der Waals surface area contributed by atoms with Gasteiger partial charge in [0.25, 0.3) is 0 Å². The van der Waals surface area contributed by atoms with E-state index >= 15 is 0 Å². The third kappa shape index (κ3) is 2.71. The topological polar surface area (TPSA) is 87.0 Å². The molecule has 0 spiro atoms. The second kappa shape index (κ2) is 5.98. The summed E-state index contributed by atoms with van der Waals surface area (Å²) in [7, 11) is 0. The van der Waals surface area contributed by atoms with Gasteiger partial charge in [-0.1, -0.05) is 18.2 Å². The van der Waals surface area contributed by atoms with Crippen LogP contribution in [0, 0.1) is 6.92 Å². The molecule has 4 rings (SSSR count). The van der Waals surface area contributed by atoms with E-state index in [9.17, 15) is 10.2 Å². The lowest BCUT2D eigenvalue weighted by atomic mass is 9.90. The number of hydrogen-bond acceptors (Lipinski definition) is 4. The van der Waals surface area contributed by atoms with E-state index in [2.05, 4.69) is 15.3 Å². The molecule has 1 aliphatic rings. The van der Waals surface area contributed by atoms with Crippen LogP contribution in [0.2, 0.25) is 0 Å². The number of hydrogen-bond donors (Lipinski definition) is 3. The molecule has 25 heavy (non-hydrogen) atoms. The Morgan fingerprint density at radius 1 is 1.20 bits per heavy atom. The number of H-pyrrole nitrogens is 1. The van der Waals surface area contributed by atoms with Crippen molar-refractivity contribution in [2.45, 2.75) is 19.3 Å². The summed E-state index contributed by atoms with van der Waals surface area (Å²) in [5.74, 6) is -0.0846. The number of nitrogens with zero attached hydrogens (tertiary/aromatic N) is 3. The minimum absolute atomic E-state index is 0.0828. The maximum absolute atomic E-state index is 10.2. The summed E-state index contributed by atoms with van der Waals surface area (Å²) in [5.41, 5.74) is 4.50. The molecule has 6 nitrogen and oxygen atoms in total. The zero-order valence-electron chi connectivity index (χ0n) is 13.7. The first-order chi connectivity index (χ1) is 12.1. The van der Waals surface area contributed by atoms with E-state index < -0.39 is 0 Å². The summed E-state index contributed by atoms with van der Waals surface area (Å²) >= 11 is 0. The lowest BCUT2D eigenvalue weighted by Crippen LogP contribution is -2.08. The molecule has 3 aromatic rings. The summed E-state index contributed by atoms with van der Waals surface area (Å²) < 4.78 is 1.81. The molecule has 6 heteroatoms. The zero-order valence-corrected chi connectivity index (χ0v) is 13.7. The first-order valence-corrected chi connectivity index (χ1v) is 8.08. The Balaban J connectivity index is 1.74. The van der Waals surface area contributed by atoms with Crippen molar-refractivity contribution in [3.05, 3.63) is 77.8 Å². The molecule has 0 saturated heterocycles. The first kappa shape index (κ1) is 15.3. The standard InChI is InChI=1S/C19H18N4O2/c1-12-18(13-10-20-23(11-13)14-5-3-2-4-6-14)19(22-21-12)16-8-7-15(24)9-17(16)25/h2-7,9-11,16,24-25H,8H2,1H3,(H,21,22). The molecular weight excluding hydrogens is 316 g/mol. The first-order valence-electron chi connectivity index (χ1n) is 8.08. The lowest BCUT2D eigenvalue weighted by molar-refractivity contribution is 0.343. The number of aliphatic hydroxyl groups is 2. The van der Waals surface area contributed by atoms with Crippen LogP contribution in [0.4, 0.5) is 0 Å². The number of nitrogens with one attached hydrogen (secondary N) is 1. The normalized spacial score (nSPS) is 17.2. The smallest absolute Gasteiger partial charge is 0.114 e. The highest BCUT2D eigenvalue weighted by atomic mass is 16.3. The monoisotopic (exact) mass is 334 g/mol. The number of aliphatic hydroxyl groups excluding tert-OH is 2. The van der Waals surface area contributed by atoms with E-state index in [1.165, 1.54) is 6.08 Å². The van der Waals surface area contributed by atoms with Crippen molar-refractivity contribution in [3.8, 4) is 16.8 Å². The van der Waals surface area contributed by atoms with Crippen molar-refractivity contribution in [1.29, 1.82) is 0 Å². The summed E-state index contributed by atoms with van der Waals surface area (Å²) in [6.45, 7) is 1.95. The molecule has 0 fully saturated rings. The minimum Gasteiger partial charge on any atom is -0.511 e. The van der Waals surface area contributed by atoms with Crippen molar-refractivity contribution < 1.29 is 10.2 Å². The van der Waals surface area contributed by atoms with Crippen molar-refractivity contribution in [3.63, 3.8) is 0 Å². The maximum atomic E-state index is 10.2. The van der Waals surface area contributed by atoms with Gasteiger partial charge in [0.15, 0.2) is 0 Å². The molecule has 3 N–H and O–H groups in total. The Kier molecular flexibility index (Phi) is 3.65. The average molecular weight is 334 g/mol. The Bertz CT molecular complexity index is 966. The van der Waals surface area contributed by atoms with E-state index in [1.54, 1.807) is 12.3 Å². The molecule has 2 heterocycles. The highest BCUT2D eigenvalue weighted by Gasteiger charge is 2.27. The van der Waals surface area contributed by atoms with Gasteiger partial charge in [0.2, 0.25) is 0 Å². The van der Waals surface area contributed by atoms with Crippen LogP contribution in [0.25, 0.3) is 16.8 Å². The van der Waals surface area contributed by atoms with Gasteiger partial charge in [0, 0.05) is 29.1 Å². The van der Waals surface area contributed by atoms with Crippen LogP contribution < -0.4 is 0 Å². The highest BCUT2D eigenvalue weighted by Crippen LogP contribution is 2.37. The van der Waals surface area contributed by atoms with Crippen LogP contribution in [0.3, 0.4) is 0 Å². The second-order valence-electron chi connectivity index (χ2n) is 6.10.